The molecular weight excluding hydrogens is 250 g/mol. The van der Waals surface area contributed by atoms with Gasteiger partial charge in [0.2, 0.25) is 0 Å². The lowest BCUT2D eigenvalue weighted by Crippen LogP contribution is -2.38. The molecule has 0 unspecified atom stereocenters. The van der Waals surface area contributed by atoms with Gasteiger partial charge in [-0.25, -0.2) is 0 Å². The minimum Gasteiger partial charge on any atom is -0.389 e. The van der Waals surface area contributed by atoms with Crippen LogP contribution in [0.5, 0.6) is 0 Å². The Morgan fingerprint density at radius 1 is 1.10 bits per heavy atom. The third kappa shape index (κ3) is 3.96. The van der Waals surface area contributed by atoms with E-state index in [2.05, 4.69) is 4.90 Å². The van der Waals surface area contributed by atoms with Gasteiger partial charge in [-0.1, -0.05) is 12.8 Å². The number of aliphatic hydroxyl groups is 1. The lowest BCUT2D eigenvalue weighted by atomic mass is 9.87. The standard InChI is InChI=1S/C17H31NO2/c19-17(12-18-7-2-1-3-8-18)13-20-9-6-16-11-14-4-5-15(16)10-14/h14-17,19H,1-13H2/t14-,15-,16+,17+/m0/s1. The molecule has 116 valence electrons. The highest BCUT2D eigenvalue weighted by Crippen LogP contribution is 2.49. The highest BCUT2D eigenvalue weighted by molar-refractivity contribution is 4.89. The number of piperidine rings is 1. The maximum absolute atomic E-state index is 10.0. The maximum atomic E-state index is 10.0. The molecule has 1 N–H and O–H groups in total. The second kappa shape index (κ2) is 7.24. The van der Waals surface area contributed by atoms with E-state index < -0.39 is 0 Å². The largest absolute Gasteiger partial charge is 0.389 e. The SMILES string of the molecule is O[C@@H](COCC[C@@H]1C[C@H]2CC[C@H]1C2)CN1CCCCC1. The lowest BCUT2D eigenvalue weighted by molar-refractivity contribution is 0.00805. The van der Waals surface area contributed by atoms with Gasteiger partial charge in [-0.05, 0) is 69.4 Å². The summed E-state index contributed by atoms with van der Waals surface area (Å²) in [5, 5.41) is 10.0. The summed E-state index contributed by atoms with van der Waals surface area (Å²) in [6, 6.07) is 0. The quantitative estimate of drug-likeness (QED) is 0.728. The summed E-state index contributed by atoms with van der Waals surface area (Å²) in [6.07, 6.45) is 10.7. The summed E-state index contributed by atoms with van der Waals surface area (Å²) < 4.78 is 5.73. The van der Waals surface area contributed by atoms with Gasteiger partial charge in [-0.3, -0.25) is 0 Å². The molecule has 2 aliphatic carbocycles. The molecule has 20 heavy (non-hydrogen) atoms. The van der Waals surface area contributed by atoms with Gasteiger partial charge in [0.05, 0.1) is 12.7 Å². The normalized spacial score (nSPS) is 35.5. The molecule has 0 aromatic carbocycles. The average Bonchev–Trinajstić information content (AvgIpc) is 3.07. The third-order valence-corrected chi connectivity index (χ3v) is 5.75. The fourth-order valence-corrected chi connectivity index (χ4v) is 4.68. The van der Waals surface area contributed by atoms with Crippen molar-refractivity contribution < 1.29 is 9.84 Å². The second-order valence-electron chi connectivity index (χ2n) is 7.31. The molecule has 3 heteroatoms. The minimum atomic E-state index is -0.298. The molecule has 3 nitrogen and oxygen atoms in total. The highest BCUT2D eigenvalue weighted by Gasteiger charge is 2.38. The van der Waals surface area contributed by atoms with Crippen molar-refractivity contribution in [2.24, 2.45) is 17.8 Å². The van der Waals surface area contributed by atoms with Gasteiger partial charge in [0.15, 0.2) is 0 Å². The Morgan fingerprint density at radius 3 is 2.65 bits per heavy atom. The number of ether oxygens (including phenoxy) is 1. The Bertz CT molecular complexity index is 291. The average molecular weight is 281 g/mol. The Labute approximate surface area is 123 Å². The van der Waals surface area contributed by atoms with Crippen LogP contribution in [0.3, 0.4) is 0 Å². The van der Waals surface area contributed by atoms with Gasteiger partial charge in [0.25, 0.3) is 0 Å². The zero-order valence-corrected chi connectivity index (χ0v) is 12.8. The van der Waals surface area contributed by atoms with Crippen molar-refractivity contribution >= 4 is 0 Å². The van der Waals surface area contributed by atoms with Gasteiger partial charge >= 0.3 is 0 Å². The summed E-state index contributed by atoms with van der Waals surface area (Å²) in [7, 11) is 0. The third-order valence-electron chi connectivity index (χ3n) is 5.75. The first-order valence-electron chi connectivity index (χ1n) is 8.79. The molecule has 2 bridgehead atoms. The minimum absolute atomic E-state index is 0.298. The van der Waals surface area contributed by atoms with E-state index in [1.807, 2.05) is 0 Å². The van der Waals surface area contributed by atoms with Gasteiger partial charge in [0, 0.05) is 13.2 Å². The zero-order chi connectivity index (χ0) is 13.8. The van der Waals surface area contributed by atoms with E-state index >= 15 is 0 Å². The molecule has 3 rings (SSSR count). The molecular formula is C17H31NO2. The number of hydrogen-bond acceptors (Lipinski definition) is 3. The number of hydrogen-bond donors (Lipinski definition) is 1. The summed E-state index contributed by atoms with van der Waals surface area (Å²) >= 11 is 0. The van der Waals surface area contributed by atoms with Crippen molar-refractivity contribution in [3.8, 4) is 0 Å². The van der Waals surface area contributed by atoms with E-state index in [1.165, 1.54) is 51.4 Å². The Morgan fingerprint density at radius 2 is 1.95 bits per heavy atom. The van der Waals surface area contributed by atoms with Crippen LogP contribution in [0.15, 0.2) is 0 Å². The Kier molecular flexibility index (Phi) is 5.36. The van der Waals surface area contributed by atoms with Gasteiger partial charge < -0.3 is 14.7 Å². The number of β-amino-alcohol motifs (C(OH)–C–C–N with tert-alkyl or cyclic N) is 1. The van der Waals surface area contributed by atoms with Crippen LogP contribution in [-0.2, 0) is 4.74 Å². The summed E-state index contributed by atoms with van der Waals surface area (Å²) in [6.45, 7) is 4.49. The van der Waals surface area contributed by atoms with E-state index in [4.69, 9.17) is 4.74 Å². The first-order valence-corrected chi connectivity index (χ1v) is 8.79. The van der Waals surface area contributed by atoms with Gasteiger partial charge in [-0.2, -0.15) is 0 Å². The second-order valence-corrected chi connectivity index (χ2v) is 7.31. The van der Waals surface area contributed by atoms with Crippen LogP contribution in [0.25, 0.3) is 0 Å². The van der Waals surface area contributed by atoms with Crippen LogP contribution in [-0.4, -0.2) is 49.0 Å². The number of nitrogens with zero attached hydrogens (tertiary/aromatic N) is 1. The molecule has 0 radical (unpaired) electrons. The summed E-state index contributed by atoms with van der Waals surface area (Å²) in [5.41, 5.74) is 0. The van der Waals surface area contributed by atoms with E-state index in [0.29, 0.717) is 6.61 Å². The zero-order valence-electron chi connectivity index (χ0n) is 12.8. The van der Waals surface area contributed by atoms with E-state index in [9.17, 15) is 5.11 Å². The molecule has 1 heterocycles. The fourth-order valence-electron chi connectivity index (χ4n) is 4.68. The van der Waals surface area contributed by atoms with Crippen molar-refractivity contribution in [2.75, 3.05) is 32.8 Å². The van der Waals surface area contributed by atoms with Crippen LogP contribution in [0, 0.1) is 17.8 Å². The molecule has 3 fully saturated rings. The van der Waals surface area contributed by atoms with Crippen molar-refractivity contribution in [2.45, 2.75) is 57.5 Å². The molecule has 1 saturated heterocycles. The first-order chi connectivity index (χ1) is 9.81. The van der Waals surface area contributed by atoms with Crippen molar-refractivity contribution in [3.05, 3.63) is 0 Å². The van der Waals surface area contributed by atoms with Gasteiger partial charge in [0.1, 0.15) is 0 Å². The van der Waals surface area contributed by atoms with E-state index in [-0.39, 0.29) is 6.10 Å². The van der Waals surface area contributed by atoms with Gasteiger partial charge in [-0.15, -0.1) is 0 Å². The van der Waals surface area contributed by atoms with Crippen LogP contribution in [0.2, 0.25) is 0 Å². The lowest BCUT2D eigenvalue weighted by Gasteiger charge is -2.28. The number of fused-ring (bicyclic) bond motifs is 2. The van der Waals surface area contributed by atoms with E-state index in [0.717, 1.165) is 44.0 Å². The first kappa shape index (κ1) is 14.8. The van der Waals surface area contributed by atoms with Crippen LogP contribution >= 0.6 is 0 Å². The molecule has 1 aliphatic heterocycles. The predicted octanol–water partition coefficient (Wildman–Crippen LogP) is 2.68. The monoisotopic (exact) mass is 281 g/mol. The van der Waals surface area contributed by atoms with Crippen LogP contribution < -0.4 is 0 Å². The summed E-state index contributed by atoms with van der Waals surface area (Å²) in [5.74, 6) is 2.96. The molecule has 0 aromatic heterocycles. The van der Waals surface area contributed by atoms with Crippen molar-refractivity contribution in [3.63, 3.8) is 0 Å². The molecule has 2 saturated carbocycles. The summed E-state index contributed by atoms with van der Waals surface area (Å²) in [4.78, 5) is 2.38. The van der Waals surface area contributed by atoms with Crippen molar-refractivity contribution in [1.29, 1.82) is 0 Å². The molecule has 0 amide bonds. The highest BCUT2D eigenvalue weighted by atomic mass is 16.5. The Balaban J connectivity index is 1.24. The molecule has 3 aliphatic rings. The molecule has 0 aromatic rings. The molecule has 0 spiro atoms. The Hall–Kier alpha value is -0.120. The van der Waals surface area contributed by atoms with Crippen LogP contribution in [0.1, 0.15) is 51.4 Å². The van der Waals surface area contributed by atoms with Crippen LogP contribution in [0.4, 0.5) is 0 Å². The smallest absolute Gasteiger partial charge is 0.0900 e. The fraction of sp³-hybridized carbons (Fsp3) is 1.00. The van der Waals surface area contributed by atoms with E-state index in [1.54, 1.807) is 0 Å². The van der Waals surface area contributed by atoms with Crippen molar-refractivity contribution in [1.82, 2.24) is 4.90 Å². The topological polar surface area (TPSA) is 32.7 Å². The predicted molar refractivity (Wildman–Crippen MR) is 80.7 cm³/mol. The number of likely N-dealkylation sites (tertiary alicyclic amines) is 1. The number of aliphatic hydroxyl groups excluding tert-OH is 1. The number of rotatable bonds is 7. The maximum Gasteiger partial charge on any atom is 0.0900 e. The molecule has 4 atom stereocenters.